The van der Waals surface area contributed by atoms with Crippen molar-refractivity contribution < 1.29 is 28.1 Å². The van der Waals surface area contributed by atoms with E-state index in [0.29, 0.717) is 17.7 Å². The number of ether oxygens (including phenoxy) is 3. The fourth-order valence-corrected chi connectivity index (χ4v) is 3.96. The van der Waals surface area contributed by atoms with E-state index in [0.717, 1.165) is 12.8 Å². The Balaban J connectivity index is 3.07. The molecule has 0 saturated carbocycles. The van der Waals surface area contributed by atoms with Crippen molar-refractivity contribution in [3.8, 4) is 5.75 Å². The summed E-state index contributed by atoms with van der Waals surface area (Å²) in [5.41, 5.74) is 0. The Bertz CT molecular complexity index is 531. The van der Waals surface area contributed by atoms with Crippen molar-refractivity contribution in [3.63, 3.8) is 0 Å². The molecule has 0 amide bonds. The Hall–Kier alpha value is -1.36. The number of hydrogen-bond acceptors (Lipinski definition) is 6. The molecule has 0 bridgehead atoms. The summed E-state index contributed by atoms with van der Waals surface area (Å²) in [4.78, 5) is 11.9. The molecular formula is C16H25O6P. The average Bonchev–Trinajstić information content (AvgIpc) is 2.53. The standard InChI is InChI=1S/C16H25O6P/c1-4-6-11-22-23(18,12-16(17)20-5-2)15-10-8-7-9-14(15)21-13-19-3/h7-10H,4-6,11-13H2,1-3H3. The first-order valence-electron chi connectivity index (χ1n) is 7.68. The van der Waals surface area contributed by atoms with Crippen LogP contribution in [0.2, 0.25) is 0 Å². The van der Waals surface area contributed by atoms with Crippen LogP contribution in [0.3, 0.4) is 0 Å². The molecular weight excluding hydrogens is 319 g/mol. The van der Waals surface area contributed by atoms with E-state index >= 15 is 0 Å². The second kappa shape index (κ2) is 10.4. The molecule has 0 saturated heterocycles. The summed E-state index contributed by atoms with van der Waals surface area (Å²) >= 11 is 0. The molecule has 0 N–H and O–H groups in total. The van der Waals surface area contributed by atoms with E-state index in [1.54, 1.807) is 31.2 Å². The molecule has 0 aliphatic carbocycles. The van der Waals surface area contributed by atoms with E-state index in [1.807, 2.05) is 6.92 Å². The minimum atomic E-state index is -3.42. The van der Waals surface area contributed by atoms with Crippen LogP contribution in [-0.2, 0) is 23.4 Å². The summed E-state index contributed by atoms with van der Waals surface area (Å²) in [5.74, 6) is -0.160. The maximum atomic E-state index is 13.3. The normalized spacial score (nSPS) is 13.3. The Morgan fingerprint density at radius 3 is 2.61 bits per heavy atom. The van der Waals surface area contributed by atoms with Gasteiger partial charge in [0.25, 0.3) is 0 Å². The molecule has 7 heteroatoms. The predicted octanol–water partition coefficient (Wildman–Crippen LogP) is 2.95. The molecule has 0 fully saturated rings. The average molecular weight is 344 g/mol. The molecule has 0 aliphatic heterocycles. The number of carbonyl (C=O) groups is 1. The molecule has 0 radical (unpaired) electrons. The van der Waals surface area contributed by atoms with Gasteiger partial charge in [-0.25, -0.2) is 0 Å². The van der Waals surface area contributed by atoms with E-state index in [-0.39, 0.29) is 19.6 Å². The second-order valence-corrected chi connectivity index (χ2v) is 7.25. The highest BCUT2D eigenvalue weighted by molar-refractivity contribution is 7.68. The third-order valence-corrected chi connectivity index (χ3v) is 5.38. The van der Waals surface area contributed by atoms with E-state index in [2.05, 4.69) is 0 Å². The van der Waals surface area contributed by atoms with E-state index in [9.17, 15) is 9.36 Å². The van der Waals surface area contributed by atoms with Gasteiger partial charge in [-0.1, -0.05) is 25.5 Å². The largest absolute Gasteiger partial charge is 0.467 e. The van der Waals surface area contributed by atoms with Crippen molar-refractivity contribution in [1.82, 2.24) is 0 Å². The fraction of sp³-hybridized carbons (Fsp3) is 0.562. The summed E-state index contributed by atoms with van der Waals surface area (Å²) in [6.07, 6.45) is 1.35. The molecule has 0 spiro atoms. The van der Waals surface area contributed by atoms with Crippen molar-refractivity contribution in [3.05, 3.63) is 24.3 Å². The molecule has 130 valence electrons. The maximum Gasteiger partial charge on any atom is 0.315 e. The second-order valence-electron chi connectivity index (χ2n) is 4.84. The first-order valence-corrected chi connectivity index (χ1v) is 9.49. The van der Waals surface area contributed by atoms with Gasteiger partial charge >= 0.3 is 5.97 Å². The molecule has 0 aromatic heterocycles. The monoisotopic (exact) mass is 344 g/mol. The van der Waals surface area contributed by atoms with Crippen molar-refractivity contribution in [2.75, 3.05) is 33.3 Å². The first kappa shape index (κ1) is 19.7. The van der Waals surface area contributed by atoms with E-state index in [1.165, 1.54) is 7.11 Å². The summed E-state index contributed by atoms with van der Waals surface area (Å²) in [6, 6.07) is 6.82. The highest BCUT2D eigenvalue weighted by Gasteiger charge is 2.33. The summed E-state index contributed by atoms with van der Waals surface area (Å²) < 4.78 is 34.2. The van der Waals surface area contributed by atoms with Crippen LogP contribution in [0.5, 0.6) is 5.75 Å². The molecule has 1 rings (SSSR count). The van der Waals surface area contributed by atoms with Crippen molar-refractivity contribution in [2.24, 2.45) is 0 Å². The van der Waals surface area contributed by atoms with Crippen LogP contribution >= 0.6 is 7.37 Å². The smallest absolute Gasteiger partial charge is 0.315 e. The minimum absolute atomic E-state index is 0.0192. The Labute approximate surface area is 137 Å². The lowest BCUT2D eigenvalue weighted by atomic mass is 10.3. The van der Waals surface area contributed by atoms with Crippen molar-refractivity contribution in [1.29, 1.82) is 0 Å². The van der Waals surface area contributed by atoms with Gasteiger partial charge in [0, 0.05) is 7.11 Å². The minimum Gasteiger partial charge on any atom is -0.467 e. The van der Waals surface area contributed by atoms with Crippen LogP contribution in [0.25, 0.3) is 0 Å². The zero-order valence-electron chi connectivity index (χ0n) is 13.9. The molecule has 1 unspecified atom stereocenters. The van der Waals surface area contributed by atoms with Gasteiger partial charge in [0.15, 0.2) is 6.79 Å². The number of esters is 1. The zero-order chi connectivity index (χ0) is 17.1. The van der Waals surface area contributed by atoms with E-state index < -0.39 is 13.3 Å². The number of carbonyl (C=O) groups excluding carboxylic acids is 1. The number of methoxy groups -OCH3 is 1. The summed E-state index contributed by atoms with van der Waals surface area (Å²) in [5, 5.41) is 0.376. The van der Waals surface area contributed by atoms with Gasteiger partial charge in [-0.2, -0.15) is 0 Å². The zero-order valence-corrected chi connectivity index (χ0v) is 14.8. The van der Waals surface area contributed by atoms with Crippen LogP contribution in [-0.4, -0.2) is 39.2 Å². The fourth-order valence-electron chi connectivity index (χ4n) is 1.92. The molecule has 23 heavy (non-hydrogen) atoms. The Morgan fingerprint density at radius 2 is 1.96 bits per heavy atom. The molecule has 6 nitrogen and oxygen atoms in total. The van der Waals surface area contributed by atoms with E-state index in [4.69, 9.17) is 18.7 Å². The molecule has 1 aromatic rings. The van der Waals surface area contributed by atoms with Crippen LogP contribution in [0, 0.1) is 0 Å². The van der Waals surface area contributed by atoms with Gasteiger partial charge in [-0.15, -0.1) is 0 Å². The lowest BCUT2D eigenvalue weighted by Crippen LogP contribution is -2.20. The Morgan fingerprint density at radius 1 is 1.22 bits per heavy atom. The Kier molecular flexibility index (Phi) is 8.92. The van der Waals surface area contributed by atoms with Gasteiger partial charge < -0.3 is 18.7 Å². The number of para-hydroxylation sites is 1. The quantitative estimate of drug-likeness (QED) is 0.266. The third-order valence-electron chi connectivity index (χ3n) is 3.00. The summed E-state index contributed by atoms with van der Waals surface area (Å²) in [7, 11) is -1.92. The van der Waals surface area contributed by atoms with Gasteiger partial charge in [-0.3, -0.25) is 9.36 Å². The molecule has 1 atom stereocenters. The predicted molar refractivity (Wildman–Crippen MR) is 88.5 cm³/mol. The van der Waals surface area contributed by atoms with Gasteiger partial charge in [0.1, 0.15) is 11.9 Å². The molecule has 1 aromatic carbocycles. The van der Waals surface area contributed by atoms with Crippen molar-refractivity contribution in [2.45, 2.75) is 26.7 Å². The van der Waals surface area contributed by atoms with Gasteiger partial charge in [0.2, 0.25) is 7.37 Å². The van der Waals surface area contributed by atoms with Crippen molar-refractivity contribution >= 4 is 18.6 Å². The first-order chi connectivity index (χ1) is 11.1. The lowest BCUT2D eigenvalue weighted by molar-refractivity contribution is -0.140. The summed E-state index contributed by atoms with van der Waals surface area (Å²) in [6.45, 7) is 4.28. The van der Waals surface area contributed by atoms with Gasteiger partial charge in [-0.05, 0) is 25.5 Å². The number of hydrogen-bond donors (Lipinski definition) is 0. The number of rotatable bonds is 11. The third kappa shape index (κ3) is 6.34. The number of benzene rings is 1. The molecule has 0 aliphatic rings. The van der Waals surface area contributed by atoms with Crippen LogP contribution in [0.4, 0.5) is 0 Å². The van der Waals surface area contributed by atoms with Crippen LogP contribution < -0.4 is 10.0 Å². The SMILES string of the molecule is CCCCOP(=O)(CC(=O)OCC)c1ccccc1OCOC. The maximum absolute atomic E-state index is 13.3. The van der Waals surface area contributed by atoms with Crippen LogP contribution in [0.1, 0.15) is 26.7 Å². The van der Waals surface area contributed by atoms with Gasteiger partial charge in [0.05, 0.1) is 18.5 Å². The highest BCUT2D eigenvalue weighted by Crippen LogP contribution is 2.48. The highest BCUT2D eigenvalue weighted by atomic mass is 31.2. The lowest BCUT2D eigenvalue weighted by Gasteiger charge is -2.20. The molecule has 0 heterocycles. The number of unbranched alkanes of at least 4 members (excludes halogenated alkanes) is 1. The topological polar surface area (TPSA) is 71.1 Å². The van der Waals surface area contributed by atoms with Crippen LogP contribution in [0.15, 0.2) is 24.3 Å².